The topological polar surface area (TPSA) is 46.6 Å². The summed E-state index contributed by atoms with van der Waals surface area (Å²) in [6, 6.07) is 2.75. The molecule has 20 heavy (non-hydrogen) atoms. The summed E-state index contributed by atoms with van der Waals surface area (Å²) in [7, 11) is 1.16. The summed E-state index contributed by atoms with van der Waals surface area (Å²) in [5.41, 5.74) is -0.198. The summed E-state index contributed by atoms with van der Waals surface area (Å²) in [6.45, 7) is 0.239. The first-order valence-corrected chi connectivity index (χ1v) is 6.61. The molecule has 104 valence electrons. The summed E-state index contributed by atoms with van der Waals surface area (Å²) in [5.74, 6) is 0.391. The van der Waals surface area contributed by atoms with Crippen LogP contribution >= 0.6 is 15.9 Å². The standard InChI is InChI=1S/C14H11BrFNO3/c1-3-8-4-12(18)17(7-8)11-6-9(15)5-10(13(11)16)14(19)20-2/h1,5-6,8H,4,7H2,2H3. The second kappa shape index (κ2) is 5.63. The Morgan fingerprint density at radius 1 is 1.60 bits per heavy atom. The lowest BCUT2D eigenvalue weighted by molar-refractivity contribution is -0.117. The maximum Gasteiger partial charge on any atom is 0.340 e. The molecule has 0 bridgehead atoms. The lowest BCUT2D eigenvalue weighted by Crippen LogP contribution is -2.26. The average molecular weight is 340 g/mol. The van der Waals surface area contributed by atoms with E-state index < -0.39 is 11.8 Å². The first-order valence-electron chi connectivity index (χ1n) is 5.81. The number of halogens is 2. The minimum atomic E-state index is -0.801. The minimum absolute atomic E-state index is 0.0301. The van der Waals surface area contributed by atoms with Crippen molar-refractivity contribution in [3.63, 3.8) is 0 Å². The monoisotopic (exact) mass is 339 g/mol. The van der Waals surface area contributed by atoms with Crippen LogP contribution in [0.25, 0.3) is 0 Å². The quantitative estimate of drug-likeness (QED) is 0.613. The molecule has 1 aromatic carbocycles. The maximum absolute atomic E-state index is 14.4. The third-order valence-electron chi connectivity index (χ3n) is 3.08. The molecule has 1 heterocycles. The summed E-state index contributed by atoms with van der Waals surface area (Å²) in [5, 5.41) is 0. The molecular weight excluding hydrogens is 329 g/mol. The Kier molecular flexibility index (Phi) is 4.09. The number of benzene rings is 1. The van der Waals surface area contributed by atoms with E-state index in [2.05, 4.69) is 26.6 Å². The van der Waals surface area contributed by atoms with Crippen molar-refractivity contribution in [3.05, 3.63) is 28.0 Å². The van der Waals surface area contributed by atoms with Gasteiger partial charge < -0.3 is 9.64 Å². The van der Waals surface area contributed by atoms with Gasteiger partial charge in [-0.05, 0) is 12.1 Å². The number of esters is 1. The molecule has 1 atom stereocenters. The number of hydrogen-bond donors (Lipinski definition) is 0. The zero-order valence-corrected chi connectivity index (χ0v) is 12.2. The number of hydrogen-bond acceptors (Lipinski definition) is 3. The number of terminal acetylenes is 1. The molecule has 1 aromatic rings. The Bertz CT molecular complexity index is 624. The predicted molar refractivity (Wildman–Crippen MR) is 74.7 cm³/mol. The SMILES string of the molecule is C#CC1CC(=O)N(c2cc(Br)cc(C(=O)OC)c2F)C1. The molecule has 1 aliphatic rings. The fraction of sp³-hybridized carbons (Fsp3) is 0.286. The zero-order chi connectivity index (χ0) is 14.9. The number of methoxy groups -OCH3 is 1. The largest absolute Gasteiger partial charge is 0.465 e. The number of anilines is 1. The third-order valence-corrected chi connectivity index (χ3v) is 3.53. The molecule has 4 nitrogen and oxygen atoms in total. The van der Waals surface area contributed by atoms with Crippen molar-refractivity contribution in [1.82, 2.24) is 0 Å². The van der Waals surface area contributed by atoms with Gasteiger partial charge in [0, 0.05) is 23.4 Å². The van der Waals surface area contributed by atoms with Crippen molar-refractivity contribution in [2.24, 2.45) is 5.92 Å². The highest BCUT2D eigenvalue weighted by Gasteiger charge is 2.32. The van der Waals surface area contributed by atoms with Crippen LogP contribution in [0.5, 0.6) is 0 Å². The van der Waals surface area contributed by atoms with Gasteiger partial charge in [0.2, 0.25) is 5.91 Å². The lowest BCUT2D eigenvalue weighted by Gasteiger charge is -2.18. The van der Waals surface area contributed by atoms with Crippen molar-refractivity contribution in [2.75, 3.05) is 18.6 Å². The van der Waals surface area contributed by atoms with Crippen molar-refractivity contribution < 1.29 is 18.7 Å². The van der Waals surface area contributed by atoms with Crippen LogP contribution in [0, 0.1) is 24.1 Å². The van der Waals surface area contributed by atoms with E-state index in [1.165, 1.54) is 17.0 Å². The average Bonchev–Trinajstić information content (AvgIpc) is 2.81. The van der Waals surface area contributed by atoms with Gasteiger partial charge in [-0.2, -0.15) is 0 Å². The fourth-order valence-corrected chi connectivity index (χ4v) is 2.53. The van der Waals surface area contributed by atoms with E-state index in [0.717, 1.165) is 7.11 Å². The number of nitrogens with zero attached hydrogens (tertiary/aromatic N) is 1. The van der Waals surface area contributed by atoms with Crippen molar-refractivity contribution in [1.29, 1.82) is 0 Å². The molecule has 1 aliphatic heterocycles. The highest BCUT2D eigenvalue weighted by atomic mass is 79.9. The maximum atomic E-state index is 14.4. The fourth-order valence-electron chi connectivity index (χ4n) is 2.08. The molecule has 6 heteroatoms. The summed E-state index contributed by atoms with van der Waals surface area (Å²) >= 11 is 3.19. The first-order chi connectivity index (χ1) is 9.47. The van der Waals surface area contributed by atoms with E-state index in [9.17, 15) is 14.0 Å². The number of carbonyl (C=O) groups is 2. The second-order valence-corrected chi connectivity index (χ2v) is 5.27. The van der Waals surface area contributed by atoms with E-state index in [-0.39, 0.29) is 36.0 Å². The molecule has 0 spiro atoms. The molecule has 0 saturated carbocycles. The first kappa shape index (κ1) is 14.5. The number of ether oxygens (including phenoxy) is 1. The Morgan fingerprint density at radius 2 is 2.30 bits per heavy atom. The molecule has 0 aliphatic carbocycles. The highest BCUT2D eigenvalue weighted by molar-refractivity contribution is 9.10. The van der Waals surface area contributed by atoms with Crippen molar-refractivity contribution in [2.45, 2.75) is 6.42 Å². The molecule has 2 rings (SSSR count). The molecule has 0 N–H and O–H groups in total. The predicted octanol–water partition coefficient (Wildman–Crippen LogP) is 2.36. The van der Waals surface area contributed by atoms with E-state index in [4.69, 9.17) is 6.42 Å². The lowest BCUT2D eigenvalue weighted by atomic mass is 10.1. The Morgan fingerprint density at radius 3 is 2.85 bits per heavy atom. The van der Waals surface area contributed by atoms with Crippen LogP contribution in [-0.2, 0) is 9.53 Å². The van der Waals surface area contributed by atoms with Crippen LogP contribution in [0.4, 0.5) is 10.1 Å². The number of amides is 1. The van der Waals surface area contributed by atoms with Gasteiger partial charge in [0.15, 0.2) is 5.82 Å². The minimum Gasteiger partial charge on any atom is -0.465 e. The van der Waals surface area contributed by atoms with E-state index in [1.54, 1.807) is 0 Å². The zero-order valence-electron chi connectivity index (χ0n) is 10.7. The van der Waals surface area contributed by atoms with Gasteiger partial charge in [-0.1, -0.05) is 15.9 Å². The molecule has 0 aromatic heterocycles. The van der Waals surface area contributed by atoms with Crippen LogP contribution in [0.3, 0.4) is 0 Å². The summed E-state index contributed by atoms with van der Waals surface area (Å²) in [4.78, 5) is 24.7. The molecule has 0 radical (unpaired) electrons. The Balaban J connectivity index is 2.48. The molecule has 1 fully saturated rings. The van der Waals surface area contributed by atoms with Gasteiger partial charge in [-0.3, -0.25) is 4.79 Å². The number of carbonyl (C=O) groups excluding carboxylic acids is 2. The molecule has 1 saturated heterocycles. The van der Waals surface area contributed by atoms with Crippen molar-refractivity contribution in [3.8, 4) is 12.3 Å². The van der Waals surface area contributed by atoms with Crippen LogP contribution < -0.4 is 4.90 Å². The van der Waals surface area contributed by atoms with Crippen LogP contribution in [0.1, 0.15) is 16.8 Å². The van der Waals surface area contributed by atoms with Gasteiger partial charge in [0.05, 0.1) is 18.4 Å². The van der Waals surface area contributed by atoms with E-state index >= 15 is 0 Å². The molecule has 1 unspecified atom stereocenters. The molecule has 1 amide bonds. The molecular formula is C14H11BrFNO3. The van der Waals surface area contributed by atoms with Gasteiger partial charge >= 0.3 is 5.97 Å². The van der Waals surface area contributed by atoms with Gasteiger partial charge in [0.1, 0.15) is 0 Å². The van der Waals surface area contributed by atoms with Gasteiger partial charge in [0.25, 0.3) is 0 Å². The van der Waals surface area contributed by atoms with E-state index in [1.807, 2.05) is 0 Å². The second-order valence-electron chi connectivity index (χ2n) is 4.35. The highest BCUT2D eigenvalue weighted by Crippen LogP contribution is 2.32. The normalized spacial score (nSPS) is 18.0. The third kappa shape index (κ3) is 2.54. The Hall–Kier alpha value is -1.87. The number of rotatable bonds is 2. The Labute approximate surface area is 124 Å². The smallest absolute Gasteiger partial charge is 0.340 e. The van der Waals surface area contributed by atoms with Gasteiger partial charge in [-0.15, -0.1) is 12.3 Å². The summed E-state index contributed by atoms with van der Waals surface area (Å²) in [6.07, 6.45) is 5.47. The van der Waals surface area contributed by atoms with Crippen molar-refractivity contribution >= 4 is 33.5 Å². The van der Waals surface area contributed by atoms with Crippen LogP contribution in [-0.4, -0.2) is 25.5 Å². The van der Waals surface area contributed by atoms with E-state index in [0.29, 0.717) is 4.47 Å². The van der Waals surface area contributed by atoms with Crippen LogP contribution in [0.2, 0.25) is 0 Å². The van der Waals surface area contributed by atoms with Gasteiger partial charge in [-0.25, -0.2) is 9.18 Å². The van der Waals surface area contributed by atoms with Crippen LogP contribution in [0.15, 0.2) is 16.6 Å². The summed E-state index contributed by atoms with van der Waals surface area (Å²) < 4.78 is 19.4.